The molecule has 6 nitrogen and oxygen atoms in total. The summed E-state index contributed by atoms with van der Waals surface area (Å²) in [4.78, 5) is 23.4. The van der Waals surface area contributed by atoms with Crippen LogP contribution < -0.4 is 5.32 Å². The van der Waals surface area contributed by atoms with E-state index in [0.29, 0.717) is 6.04 Å². The molecule has 0 radical (unpaired) electrons. The van der Waals surface area contributed by atoms with Crippen molar-refractivity contribution in [2.45, 2.75) is 63.5 Å². The zero-order valence-electron chi connectivity index (χ0n) is 13.4. The number of amides is 1. The number of hydrogen-bond acceptors (Lipinski definition) is 5. The van der Waals surface area contributed by atoms with Gasteiger partial charge in [-0.15, -0.1) is 0 Å². The molecular weight excluding hydrogens is 298 g/mol. The second kappa shape index (κ2) is 5.41. The lowest BCUT2D eigenvalue weighted by molar-refractivity contribution is -0.678. The average molecular weight is 323 g/mol. The highest BCUT2D eigenvalue weighted by molar-refractivity contribution is 5.81. The second-order valence-electron chi connectivity index (χ2n) is 8.60. The van der Waals surface area contributed by atoms with Gasteiger partial charge in [0, 0.05) is 6.04 Å². The van der Waals surface area contributed by atoms with Crippen molar-refractivity contribution in [3.8, 4) is 0 Å². The maximum atomic E-state index is 13.1. The molecule has 0 aromatic heterocycles. The predicted molar refractivity (Wildman–Crippen MR) is 78.3 cm³/mol. The molecule has 1 N–H and O–H groups in total. The fourth-order valence-electron chi connectivity index (χ4n) is 6.28. The first-order valence-electron chi connectivity index (χ1n) is 9.14. The molecule has 0 spiro atoms. The van der Waals surface area contributed by atoms with Gasteiger partial charge in [-0.3, -0.25) is 4.79 Å². The Labute approximate surface area is 136 Å². The van der Waals surface area contributed by atoms with Crippen LogP contribution in [0.3, 0.4) is 0 Å². The molecule has 4 bridgehead atoms. The number of rotatable bonds is 4. The number of hydrogen-bond donors (Lipinski definition) is 1. The van der Waals surface area contributed by atoms with Gasteiger partial charge in [-0.05, 0) is 84.6 Å². The van der Waals surface area contributed by atoms with Crippen molar-refractivity contribution < 1.29 is 24.6 Å². The SMILES string of the molecule is O=C(NC1CC1)C(C1COOOO1)C12CC3CC(CC(C3)C1)C2. The minimum Gasteiger partial charge on any atom is -0.353 e. The Balaban J connectivity index is 1.44. The molecule has 1 amide bonds. The van der Waals surface area contributed by atoms with Crippen molar-refractivity contribution >= 4 is 5.91 Å². The van der Waals surface area contributed by atoms with Gasteiger partial charge in [-0.1, -0.05) is 0 Å². The molecule has 6 rings (SSSR count). The molecule has 23 heavy (non-hydrogen) atoms. The zero-order chi connectivity index (χ0) is 15.4. The Morgan fingerprint density at radius 1 is 1.00 bits per heavy atom. The van der Waals surface area contributed by atoms with E-state index in [1.165, 1.54) is 19.3 Å². The Bertz CT molecular complexity index is 450. The van der Waals surface area contributed by atoms with Crippen LogP contribution in [0.1, 0.15) is 51.4 Å². The van der Waals surface area contributed by atoms with Crippen molar-refractivity contribution in [2.75, 3.05) is 6.61 Å². The van der Waals surface area contributed by atoms with Gasteiger partial charge in [0.2, 0.25) is 5.91 Å². The van der Waals surface area contributed by atoms with E-state index >= 15 is 0 Å². The van der Waals surface area contributed by atoms with Crippen LogP contribution in [0.5, 0.6) is 0 Å². The fourth-order valence-corrected chi connectivity index (χ4v) is 6.28. The van der Waals surface area contributed by atoms with E-state index in [-0.39, 0.29) is 30.0 Å². The van der Waals surface area contributed by atoms with Gasteiger partial charge < -0.3 is 5.32 Å². The highest BCUT2D eigenvalue weighted by Crippen LogP contribution is 2.63. The zero-order valence-corrected chi connectivity index (χ0v) is 13.4. The van der Waals surface area contributed by atoms with Gasteiger partial charge in [0.15, 0.2) is 0 Å². The number of carbonyl (C=O) groups excluding carboxylic acids is 1. The molecule has 1 saturated heterocycles. The van der Waals surface area contributed by atoms with Crippen LogP contribution in [0.4, 0.5) is 0 Å². The van der Waals surface area contributed by atoms with E-state index in [9.17, 15) is 4.79 Å². The maximum absolute atomic E-state index is 13.1. The van der Waals surface area contributed by atoms with Crippen LogP contribution in [0.2, 0.25) is 0 Å². The van der Waals surface area contributed by atoms with Crippen molar-refractivity contribution in [1.29, 1.82) is 0 Å². The molecule has 5 saturated carbocycles. The molecule has 6 heteroatoms. The Morgan fingerprint density at radius 2 is 1.65 bits per heavy atom. The van der Waals surface area contributed by atoms with Crippen LogP contribution in [-0.4, -0.2) is 24.7 Å². The summed E-state index contributed by atoms with van der Waals surface area (Å²) in [6.45, 7) is 0.254. The van der Waals surface area contributed by atoms with Gasteiger partial charge in [0.25, 0.3) is 0 Å². The maximum Gasteiger partial charge on any atom is 0.226 e. The summed E-state index contributed by atoms with van der Waals surface area (Å²) in [6, 6.07) is 0.362. The first-order chi connectivity index (χ1) is 11.2. The van der Waals surface area contributed by atoms with E-state index < -0.39 is 0 Å². The third-order valence-corrected chi connectivity index (χ3v) is 6.79. The third kappa shape index (κ3) is 2.60. The molecule has 6 aliphatic rings. The van der Waals surface area contributed by atoms with Crippen LogP contribution >= 0.6 is 0 Å². The third-order valence-electron chi connectivity index (χ3n) is 6.79. The number of carbonyl (C=O) groups is 1. The first-order valence-corrected chi connectivity index (χ1v) is 9.14. The summed E-state index contributed by atoms with van der Waals surface area (Å²) >= 11 is 0. The van der Waals surface area contributed by atoms with Crippen molar-refractivity contribution in [2.24, 2.45) is 29.1 Å². The monoisotopic (exact) mass is 323 g/mol. The largest absolute Gasteiger partial charge is 0.353 e. The lowest BCUT2D eigenvalue weighted by Crippen LogP contribution is -2.58. The van der Waals surface area contributed by atoms with E-state index in [1.54, 1.807) is 0 Å². The summed E-state index contributed by atoms with van der Waals surface area (Å²) in [5, 5.41) is 12.2. The van der Waals surface area contributed by atoms with Crippen LogP contribution in [0.25, 0.3) is 0 Å². The first kappa shape index (κ1) is 14.6. The van der Waals surface area contributed by atoms with Gasteiger partial charge in [0.05, 0.1) is 5.92 Å². The molecule has 2 atom stereocenters. The van der Waals surface area contributed by atoms with E-state index in [2.05, 4.69) is 15.4 Å². The van der Waals surface area contributed by atoms with Gasteiger partial charge >= 0.3 is 0 Å². The van der Waals surface area contributed by atoms with Gasteiger partial charge in [-0.25, -0.2) is 4.89 Å². The molecule has 128 valence electrons. The van der Waals surface area contributed by atoms with Gasteiger partial charge in [-0.2, -0.15) is 4.89 Å². The molecule has 1 aliphatic heterocycles. The van der Waals surface area contributed by atoms with Crippen LogP contribution in [0, 0.1) is 29.1 Å². The van der Waals surface area contributed by atoms with Crippen LogP contribution in [-0.2, 0) is 24.6 Å². The van der Waals surface area contributed by atoms with Crippen molar-refractivity contribution in [3.63, 3.8) is 0 Å². The van der Waals surface area contributed by atoms with Crippen molar-refractivity contribution in [1.82, 2.24) is 5.32 Å². The van der Waals surface area contributed by atoms with Crippen LogP contribution in [0.15, 0.2) is 0 Å². The highest BCUT2D eigenvalue weighted by atomic mass is 17.7. The summed E-state index contributed by atoms with van der Waals surface area (Å²) in [6.07, 6.45) is 9.36. The fraction of sp³-hybridized carbons (Fsp3) is 0.941. The summed E-state index contributed by atoms with van der Waals surface area (Å²) < 4.78 is 0. The normalized spacial score (nSPS) is 46.6. The lowest BCUT2D eigenvalue weighted by Gasteiger charge is -2.59. The van der Waals surface area contributed by atoms with E-state index in [0.717, 1.165) is 49.9 Å². The van der Waals surface area contributed by atoms with Gasteiger partial charge in [0.1, 0.15) is 12.7 Å². The Hall–Kier alpha value is -0.690. The Kier molecular flexibility index (Phi) is 3.44. The van der Waals surface area contributed by atoms with E-state index in [1.807, 2.05) is 0 Å². The average Bonchev–Trinajstić information content (AvgIpc) is 3.30. The molecule has 0 aromatic carbocycles. The predicted octanol–water partition coefficient (Wildman–Crippen LogP) is 2.29. The summed E-state index contributed by atoms with van der Waals surface area (Å²) in [5.74, 6) is 2.31. The minimum absolute atomic E-state index is 0.0580. The molecule has 0 aromatic rings. The summed E-state index contributed by atoms with van der Waals surface area (Å²) in [5.41, 5.74) is 0.0580. The standard InChI is InChI=1S/C17H25NO5/c19-16(18-13-1-2-13)15(14-9-20-22-23-21-14)17-6-10-3-11(7-17)5-12(4-10)8-17/h10-15H,1-9H2,(H,18,19). The Morgan fingerprint density at radius 3 is 2.17 bits per heavy atom. The molecule has 1 heterocycles. The second-order valence-corrected chi connectivity index (χ2v) is 8.60. The highest BCUT2D eigenvalue weighted by Gasteiger charge is 2.58. The smallest absolute Gasteiger partial charge is 0.226 e. The van der Waals surface area contributed by atoms with Crippen molar-refractivity contribution in [3.05, 3.63) is 0 Å². The molecule has 5 aliphatic carbocycles. The molecule has 6 fully saturated rings. The quantitative estimate of drug-likeness (QED) is 0.804. The summed E-state index contributed by atoms with van der Waals surface area (Å²) in [7, 11) is 0. The number of nitrogens with one attached hydrogen (secondary N) is 1. The molecular formula is C17H25NO5. The lowest BCUT2D eigenvalue weighted by atomic mass is 9.46. The molecule has 2 unspecified atom stereocenters. The topological polar surface area (TPSA) is 66.0 Å². The van der Waals surface area contributed by atoms with E-state index in [4.69, 9.17) is 9.78 Å². The minimum atomic E-state index is -0.376.